The van der Waals surface area contributed by atoms with Gasteiger partial charge in [-0.05, 0) is 12.1 Å². The molecule has 88 valence electrons. The van der Waals surface area contributed by atoms with Crippen LogP contribution in [0.25, 0.3) is 10.2 Å². The van der Waals surface area contributed by atoms with Crippen LogP contribution < -0.4 is 0 Å². The van der Waals surface area contributed by atoms with Crippen LogP contribution in [0.3, 0.4) is 0 Å². The predicted octanol–water partition coefficient (Wildman–Crippen LogP) is 3.52. The van der Waals surface area contributed by atoms with E-state index in [1.54, 1.807) is 0 Å². The number of fused-ring (bicyclic) bond motifs is 1. The van der Waals surface area contributed by atoms with Crippen LogP contribution in [-0.2, 0) is 0 Å². The number of nitrogens with zero attached hydrogens (tertiary/aromatic N) is 2. The Morgan fingerprint density at radius 2 is 1.72 bits per heavy atom. The molecule has 0 amide bonds. The zero-order valence-corrected chi connectivity index (χ0v) is 10.3. The molecule has 1 heterocycles. The lowest BCUT2D eigenvalue weighted by Gasteiger charge is -1.99. The van der Waals surface area contributed by atoms with E-state index in [0.29, 0.717) is 5.71 Å². The molecule has 18 heavy (non-hydrogen) atoms. The van der Waals surface area contributed by atoms with Crippen molar-refractivity contribution in [3.8, 4) is 0 Å². The zero-order valence-electron chi connectivity index (χ0n) is 9.45. The number of rotatable bonds is 2. The second kappa shape index (κ2) is 4.58. The minimum absolute atomic E-state index is 0.511. The predicted molar refractivity (Wildman–Crippen MR) is 73.5 cm³/mol. The Bertz CT molecular complexity index is 671. The van der Waals surface area contributed by atoms with E-state index in [9.17, 15) is 5.21 Å². The fraction of sp³-hybridized carbons (Fsp3) is 0. The van der Waals surface area contributed by atoms with Crippen molar-refractivity contribution in [2.45, 2.75) is 0 Å². The molecule has 0 spiro atoms. The Balaban J connectivity index is 2.13. The maximum Gasteiger partial charge on any atom is 0.147 e. The topological polar surface area (TPSA) is 45.5 Å². The normalized spacial score (nSPS) is 11.9. The molecule has 3 nitrogen and oxygen atoms in total. The summed E-state index contributed by atoms with van der Waals surface area (Å²) in [4.78, 5) is 4.49. The summed E-state index contributed by atoms with van der Waals surface area (Å²) in [6.07, 6.45) is 0. The third-order valence-electron chi connectivity index (χ3n) is 2.64. The van der Waals surface area contributed by atoms with Crippen LogP contribution in [0.4, 0.5) is 0 Å². The van der Waals surface area contributed by atoms with Crippen molar-refractivity contribution >= 4 is 27.3 Å². The SMILES string of the molecule is ON=C(c1ccccc1)c1nc2ccccc2s1. The third kappa shape index (κ3) is 1.87. The van der Waals surface area contributed by atoms with Gasteiger partial charge >= 0.3 is 0 Å². The van der Waals surface area contributed by atoms with Crippen molar-refractivity contribution in [1.29, 1.82) is 0 Å². The number of aromatic nitrogens is 1. The van der Waals surface area contributed by atoms with Crippen LogP contribution in [0, 0.1) is 0 Å². The summed E-state index contributed by atoms with van der Waals surface area (Å²) < 4.78 is 1.09. The summed E-state index contributed by atoms with van der Waals surface area (Å²) in [7, 11) is 0. The van der Waals surface area contributed by atoms with Gasteiger partial charge in [0.05, 0.1) is 10.2 Å². The van der Waals surface area contributed by atoms with Gasteiger partial charge in [0.2, 0.25) is 0 Å². The molecule has 0 radical (unpaired) electrons. The number of oxime groups is 1. The summed E-state index contributed by atoms with van der Waals surface area (Å²) in [6, 6.07) is 17.4. The minimum Gasteiger partial charge on any atom is -0.410 e. The summed E-state index contributed by atoms with van der Waals surface area (Å²) in [5, 5.41) is 13.3. The summed E-state index contributed by atoms with van der Waals surface area (Å²) >= 11 is 1.52. The third-order valence-corrected chi connectivity index (χ3v) is 3.69. The van der Waals surface area contributed by atoms with E-state index in [4.69, 9.17) is 0 Å². The van der Waals surface area contributed by atoms with Gasteiger partial charge in [0.25, 0.3) is 0 Å². The average molecular weight is 254 g/mol. The molecular formula is C14H10N2OS. The highest BCUT2D eigenvalue weighted by atomic mass is 32.1. The number of hydrogen-bond acceptors (Lipinski definition) is 4. The first-order valence-electron chi connectivity index (χ1n) is 5.52. The van der Waals surface area contributed by atoms with Gasteiger partial charge < -0.3 is 5.21 Å². The van der Waals surface area contributed by atoms with Gasteiger partial charge in [-0.25, -0.2) is 4.98 Å². The molecule has 0 atom stereocenters. The molecule has 2 aromatic carbocycles. The Hall–Kier alpha value is -2.20. The number of para-hydroxylation sites is 1. The lowest BCUT2D eigenvalue weighted by atomic mass is 10.1. The maximum atomic E-state index is 9.21. The van der Waals surface area contributed by atoms with Crippen molar-refractivity contribution in [3.63, 3.8) is 0 Å². The standard InChI is InChI=1S/C14H10N2OS/c17-16-13(10-6-2-1-3-7-10)14-15-11-8-4-5-9-12(11)18-14/h1-9,17H. The molecule has 0 saturated heterocycles. The van der Waals surface area contributed by atoms with Crippen molar-refractivity contribution in [2.24, 2.45) is 5.16 Å². The maximum absolute atomic E-state index is 9.21. The molecule has 0 aliphatic rings. The lowest BCUT2D eigenvalue weighted by Crippen LogP contribution is -2.02. The van der Waals surface area contributed by atoms with Crippen LogP contribution in [-0.4, -0.2) is 15.9 Å². The molecule has 0 fully saturated rings. The lowest BCUT2D eigenvalue weighted by molar-refractivity contribution is 0.319. The first-order valence-corrected chi connectivity index (χ1v) is 6.33. The van der Waals surface area contributed by atoms with E-state index in [1.165, 1.54) is 11.3 Å². The summed E-state index contributed by atoms with van der Waals surface area (Å²) in [5.74, 6) is 0. The van der Waals surface area contributed by atoms with E-state index < -0.39 is 0 Å². The summed E-state index contributed by atoms with van der Waals surface area (Å²) in [6.45, 7) is 0. The molecule has 0 unspecified atom stereocenters. The smallest absolute Gasteiger partial charge is 0.147 e. The van der Waals surface area contributed by atoms with Crippen molar-refractivity contribution in [1.82, 2.24) is 4.98 Å². The highest BCUT2D eigenvalue weighted by Crippen LogP contribution is 2.24. The monoisotopic (exact) mass is 254 g/mol. The second-order valence-electron chi connectivity index (χ2n) is 3.80. The Kier molecular flexibility index (Phi) is 2.78. The molecule has 0 saturated carbocycles. The molecule has 3 aromatic rings. The quantitative estimate of drug-likeness (QED) is 0.432. The van der Waals surface area contributed by atoms with E-state index >= 15 is 0 Å². The molecule has 1 aromatic heterocycles. The fourth-order valence-electron chi connectivity index (χ4n) is 1.79. The zero-order chi connectivity index (χ0) is 12.4. The molecule has 1 N–H and O–H groups in total. The van der Waals surface area contributed by atoms with Gasteiger partial charge in [-0.1, -0.05) is 47.6 Å². The van der Waals surface area contributed by atoms with Gasteiger partial charge in [-0.15, -0.1) is 11.3 Å². The van der Waals surface area contributed by atoms with E-state index in [0.717, 1.165) is 20.8 Å². The van der Waals surface area contributed by atoms with Crippen molar-refractivity contribution in [3.05, 3.63) is 65.2 Å². The van der Waals surface area contributed by atoms with E-state index in [-0.39, 0.29) is 0 Å². The highest BCUT2D eigenvalue weighted by Gasteiger charge is 2.12. The minimum atomic E-state index is 0.511. The van der Waals surface area contributed by atoms with E-state index in [2.05, 4.69) is 10.1 Å². The van der Waals surface area contributed by atoms with Crippen LogP contribution >= 0.6 is 11.3 Å². The van der Waals surface area contributed by atoms with Gasteiger partial charge in [-0.3, -0.25) is 0 Å². The van der Waals surface area contributed by atoms with Gasteiger partial charge in [0.1, 0.15) is 10.7 Å². The first-order chi connectivity index (χ1) is 8.88. The largest absolute Gasteiger partial charge is 0.410 e. The highest BCUT2D eigenvalue weighted by molar-refractivity contribution is 7.20. The number of benzene rings is 2. The van der Waals surface area contributed by atoms with Gasteiger partial charge in [-0.2, -0.15) is 0 Å². The Labute approximate surface area is 108 Å². The first kappa shape index (κ1) is 10.9. The van der Waals surface area contributed by atoms with Crippen molar-refractivity contribution in [2.75, 3.05) is 0 Å². The van der Waals surface area contributed by atoms with E-state index in [1.807, 2.05) is 54.6 Å². The second-order valence-corrected chi connectivity index (χ2v) is 4.83. The molecule has 4 heteroatoms. The van der Waals surface area contributed by atoms with Gasteiger partial charge in [0, 0.05) is 5.56 Å². The number of hydrogen-bond donors (Lipinski definition) is 1. The average Bonchev–Trinajstić information content (AvgIpc) is 2.84. The van der Waals surface area contributed by atoms with Crippen LogP contribution in [0.1, 0.15) is 10.6 Å². The molecule has 0 bridgehead atoms. The van der Waals surface area contributed by atoms with Gasteiger partial charge in [0.15, 0.2) is 0 Å². The number of thiazole rings is 1. The summed E-state index contributed by atoms with van der Waals surface area (Å²) in [5.41, 5.74) is 2.30. The van der Waals surface area contributed by atoms with Crippen LogP contribution in [0.2, 0.25) is 0 Å². The molecule has 0 aliphatic carbocycles. The fourth-order valence-corrected chi connectivity index (χ4v) is 2.77. The molecule has 3 rings (SSSR count). The van der Waals surface area contributed by atoms with Crippen molar-refractivity contribution < 1.29 is 5.21 Å². The van der Waals surface area contributed by atoms with Crippen LogP contribution in [0.15, 0.2) is 59.8 Å². The Morgan fingerprint density at radius 1 is 1.00 bits per heavy atom. The molecular weight excluding hydrogens is 244 g/mol. The van der Waals surface area contributed by atoms with Crippen LogP contribution in [0.5, 0.6) is 0 Å². The molecule has 0 aliphatic heterocycles. The Morgan fingerprint density at radius 3 is 2.44 bits per heavy atom.